The minimum atomic E-state index is -0.717. The molecular weight excluding hydrogens is 392 g/mol. The van der Waals surface area contributed by atoms with Gasteiger partial charge in [0.25, 0.3) is 0 Å². The number of aliphatic carboxylic acids is 1. The topological polar surface area (TPSA) is 87.7 Å². The molecule has 2 aliphatic rings. The summed E-state index contributed by atoms with van der Waals surface area (Å²) in [6.45, 7) is 5.80. The first-order valence-corrected chi connectivity index (χ1v) is 11.0. The van der Waals surface area contributed by atoms with E-state index >= 15 is 0 Å². The second-order valence-electron chi connectivity index (χ2n) is 7.87. The molecule has 0 bridgehead atoms. The van der Waals surface area contributed by atoms with Gasteiger partial charge in [-0.1, -0.05) is 50.2 Å². The fourth-order valence-corrected chi connectivity index (χ4v) is 4.48. The Hall–Kier alpha value is -3.02. The van der Waals surface area contributed by atoms with Gasteiger partial charge in [-0.2, -0.15) is 0 Å². The molecule has 3 N–H and O–H groups in total. The summed E-state index contributed by atoms with van der Waals surface area (Å²) >= 11 is 0. The molecule has 2 aromatic carbocycles. The summed E-state index contributed by atoms with van der Waals surface area (Å²) in [6, 6.07) is 12.0. The van der Waals surface area contributed by atoms with E-state index in [1.807, 2.05) is 24.3 Å². The van der Waals surface area contributed by atoms with Crippen molar-refractivity contribution < 1.29 is 19.4 Å². The third-order valence-electron chi connectivity index (χ3n) is 6.13. The van der Waals surface area contributed by atoms with Crippen molar-refractivity contribution in [3.8, 4) is 0 Å². The Balaban J connectivity index is 0.000000176. The summed E-state index contributed by atoms with van der Waals surface area (Å²) in [5.74, 6) is -1.29. The number of hydrogen-bond acceptors (Lipinski definition) is 5. The van der Waals surface area contributed by atoms with Crippen LogP contribution < -0.4 is 10.6 Å². The molecule has 0 aliphatic carbocycles. The normalized spacial score (nSPS) is 18.8. The number of carboxylic acid groups (broad SMARTS) is 1. The number of ether oxygens (including phenoxy) is 1. The van der Waals surface area contributed by atoms with E-state index in [0.717, 1.165) is 54.9 Å². The quantitative estimate of drug-likeness (QED) is 0.624. The Morgan fingerprint density at radius 1 is 0.903 bits per heavy atom. The molecule has 0 aromatic heterocycles. The van der Waals surface area contributed by atoms with Gasteiger partial charge >= 0.3 is 11.9 Å². The molecule has 31 heavy (non-hydrogen) atoms. The molecule has 0 amide bonds. The molecule has 0 saturated carbocycles. The van der Waals surface area contributed by atoms with Crippen LogP contribution in [-0.2, 0) is 27.2 Å². The maximum atomic E-state index is 11.7. The fourth-order valence-electron chi connectivity index (χ4n) is 4.48. The number of carbonyl (C=O) groups is 2. The zero-order chi connectivity index (χ0) is 22.4. The molecule has 166 valence electrons. The van der Waals surface area contributed by atoms with Crippen LogP contribution in [-0.4, -0.2) is 37.2 Å². The van der Waals surface area contributed by atoms with Gasteiger partial charge in [0, 0.05) is 24.5 Å². The van der Waals surface area contributed by atoms with Crippen molar-refractivity contribution in [3.05, 3.63) is 58.7 Å². The van der Waals surface area contributed by atoms with Gasteiger partial charge in [-0.05, 0) is 47.9 Å². The van der Waals surface area contributed by atoms with Crippen molar-refractivity contribution in [1.29, 1.82) is 0 Å². The van der Waals surface area contributed by atoms with Crippen molar-refractivity contribution in [3.63, 3.8) is 0 Å². The van der Waals surface area contributed by atoms with Gasteiger partial charge in [0.1, 0.15) is 0 Å². The second-order valence-corrected chi connectivity index (χ2v) is 7.87. The number of carbonyl (C=O) groups excluding carboxylic acids is 1. The first kappa shape index (κ1) is 22.7. The predicted octanol–water partition coefficient (Wildman–Crippen LogP) is 4.55. The molecule has 6 nitrogen and oxygen atoms in total. The van der Waals surface area contributed by atoms with Gasteiger partial charge in [-0.25, -0.2) is 0 Å². The fraction of sp³-hybridized carbons (Fsp3) is 0.440. The molecular formula is C25H32N2O4. The molecule has 2 aliphatic heterocycles. The van der Waals surface area contributed by atoms with Crippen molar-refractivity contribution in [2.75, 3.05) is 30.8 Å². The molecule has 0 spiro atoms. The van der Waals surface area contributed by atoms with Crippen LogP contribution >= 0.6 is 0 Å². The molecule has 0 radical (unpaired) electrons. The maximum Gasteiger partial charge on any atom is 0.313 e. The van der Waals surface area contributed by atoms with Crippen molar-refractivity contribution in [1.82, 2.24) is 0 Å². The lowest BCUT2D eigenvalue weighted by molar-refractivity contribution is -0.142. The van der Waals surface area contributed by atoms with Crippen LogP contribution in [0.4, 0.5) is 11.4 Å². The van der Waals surface area contributed by atoms with Crippen molar-refractivity contribution in [2.24, 2.45) is 0 Å². The first-order valence-electron chi connectivity index (χ1n) is 11.0. The largest absolute Gasteiger partial charge is 0.481 e. The van der Waals surface area contributed by atoms with Gasteiger partial charge in [0.05, 0.1) is 18.9 Å². The number of aryl methyl sites for hydroxylation is 2. The predicted molar refractivity (Wildman–Crippen MR) is 123 cm³/mol. The van der Waals surface area contributed by atoms with E-state index in [4.69, 9.17) is 9.84 Å². The molecule has 2 atom stereocenters. The number of hydrogen-bond donors (Lipinski definition) is 3. The molecule has 0 saturated heterocycles. The van der Waals surface area contributed by atoms with Crippen LogP contribution in [0.3, 0.4) is 0 Å². The number of anilines is 2. The van der Waals surface area contributed by atoms with Crippen LogP contribution in [0.2, 0.25) is 0 Å². The van der Waals surface area contributed by atoms with Crippen LogP contribution in [0, 0.1) is 0 Å². The SMILES string of the molecule is CCc1cccc2c1NCCC2C(=O)O.CCc1cccc2c1NCCC2C(=O)OC. The van der Waals surface area contributed by atoms with Gasteiger partial charge in [-0.15, -0.1) is 0 Å². The van der Waals surface area contributed by atoms with E-state index in [2.05, 4.69) is 36.6 Å². The number of fused-ring (bicyclic) bond motifs is 2. The zero-order valence-corrected chi connectivity index (χ0v) is 18.5. The average molecular weight is 425 g/mol. The number of nitrogens with one attached hydrogen (secondary N) is 2. The van der Waals surface area contributed by atoms with Crippen LogP contribution in [0.25, 0.3) is 0 Å². The summed E-state index contributed by atoms with van der Waals surface area (Å²) in [4.78, 5) is 22.8. The highest BCUT2D eigenvalue weighted by Gasteiger charge is 2.28. The molecule has 6 heteroatoms. The lowest BCUT2D eigenvalue weighted by Crippen LogP contribution is -2.24. The lowest BCUT2D eigenvalue weighted by atomic mass is 9.88. The number of para-hydroxylation sites is 2. The third kappa shape index (κ3) is 4.84. The molecule has 2 aromatic rings. The minimum Gasteiger partial charge on any atom is -0.481 e. The molecule has 4 rings (SSSR count). The molecule has 2 unspecified atom stereocenters. The van der Waals surface area contributed by atoms with Gasteiger partial charge in [-0.3, -0.25) is 9.59 Å². The summed E-state index contributed by atoms with van der Waals surface area (Å²) in [5, 5.41) is 15.8. The second kappa shape index (κ2) is 10.3. The first-order chi connectivity index (χ1) is 15.0. The van der Waals surface area contributed by atoms with Crippen LogP contribution in [0.1, 0.15) is 60.8 Å². The summed E-state index contributed by atoms with van der Waals surface area (Å²) < 4.78 is 4.85. The highest BCUT2D eigenvalue weighted by Crippen LogP contribution is 2.35. The Labute approximate surface area is 184 Å². The number of esters is 1. The molecule has 0 fully saturated rings. The highest BCUT2D eigenvalue weighted by molar-refractivity contribution is 5.82. The Morgan fingerprint density at radius 3 is 1.84 bits per heavy atom. The number of methoxy groups -OCH3 is 1. The summed E-state index contributed by atoms with van der Waals surface area (Å²) in [7, 11) is 1.45. The average Bonchev–Trinajstić information content (AvgIpc) is 2.82. The van der Waals surface area contributed by atoms with E-state index in [-0.39, 0.29) is 17.8 Å². The van der Waals surface area contributed by atoms with Crippen LogP contribution in [0.15, 0.2) is 36.4 Å². The van der Waals surface area contributed by atoms with Gasteiger partial charge < -0.3 is 20.5 Å². The monoisotopic (exact) mass is 424 g/mol. The van der Waals surface area contributed by atoms with E-state index in [9.17, 15) is 9.59 Å². The molecule has 2 heterocycles. The Bertz CT molecular complexity index is 941. The Kier molecular flexibility index (Phi) is 7.55. The van der Waals surface area contributed by atoms with Gasteiger partial charge in [0.15, 0.2) is 0 Å². The van der Waals surface area contributed by atoms with Crippen molar-refractivity contribution >= 4 is 23.3 Å². The van der Waals surface area contributed by atoms with Crippen LogP contribution in [0.5, 0.6) is 0 Å². The number of benzene rings is 2. The minimum absolute atomic E-state index is 0.104. The number of rotatable bonds is 4. The number of carboxylic acids is 1. The van der Waals surface area contributed by atoms with E-state index in [0.29, 0.717) is 6.42 Å². The van der Waals surface area contributed by atoms with E-state index in [1.54, 1.807) is 0 Å². The summed E-state index contributed by atoms with van der Waals surface area (Å²) in [6.07, 6.45) is 3.40. The lowest BCUT2D eigenvalue weighted by Gasteiger charge is -2.26. The van der Waals surface area contributed by atoms with E-state index in [1.165, 1.54) is 18.2 Å². The van der Waals surface area contributed by atoms with Crippen molar-refractivity contribution in [2.45, 2.75) is 51.4 Å². The standard InChI is InChI=1S/C13H17NO2.C12H15NO2/c1-3-9-5-4-6-10-11(13(15)16-2)7-8-14-12(9)10;1-2-8-4-3-5-9-10(12(14)15)6-7-13-11(8)9/h4-6,11,14H,3,7-8H2,1-2H3;3-5,10,13H,2,6-7H2,1H3,(H,14,15). The maximum absolute atomic E-state index is 11.7. The third-order valence-corrected chi connectivity index (χ3v) is 6.13. The Morgan fingerprint density at radius 2 is 1.39 bits per heavy atom. The highest BCUT2D eigenvalue weighted by atomic mass is 16.5. The summed E-state index contributed by atoms with van der Waals surface area (Å²) in [5.41, 5.74) is 6.67. The zero-order valence-electron chi connectivity index (χ0n) is 18.5. The smallest absolute Gasteiger partial charge is 0.313 e. The van der Waals surface area contributed by atoms with E-state index < -0.39 is 5.97 Å². The van der Waals surface area contributed by atoms with Gasteiger partial charge in [0.2, 0.25) is 0 Å².